The van der Waals surface area contributed by atoms with Gasteiger partial charge in [0.05, 0.1) is 0 Å². The van der Waals surface area contributed by atoms with Crippen LogP contribution in [-0.4, -0.2) is 30.1 Å². The van der Waals surface area contributed by atoms with Crippen molar-refractivity contribution in [2.24, 2.45) is 5.73 Å². The summed E-state index contributed by atoms with van der Waals surface area (Å²) in [5.74, 6) is 0.928. The summed E-state index contributed by atoms with van der Waals surface area (Å²) in [6.45, 7) is 5.65. The number of hydrogen-bond donors (Lipinski definition) is 1. The molecule has 2 N–H and O–H groups in total. The number of piperidine rings is 1. The minimum atomic E-state index is -0.0650. The average Bonchev–Trinajstić information content (AvgIpc) is 2.43. The lowest BCUT2D eigenvalue weighted by molar-refractivity contribution is -0.0215. The number of halogens is 1. The molecule has 0 saturated carbocycles. The summed E-state index contributed by atoms with van der Waals surface area (Å²) in [4.78, 5) is 2.53. The van der Waals surface area contributed by atoms with Gasteiger partial charge in [0, 0.05) is 36.1 Å². The number of likely N-dealkylation sites (tertiary alicyclic amines) is 1. The van der Waals surface area contributed by atoms with Crippen LogP contribution in [0.5, 0.6) is 5.75 Å². The zero-order valence-electron chi connectivity index (χ0n) is 12.1. The van der Waals surface area contributed by atoms with Crippen LogP contribution in [0.25, 0.3) is 0 Å². The molecule has 1 atom stereocenters. The second-order valence-corrected chi connectivity index (χ2v) is 6.56. The molecule has 1 saturated heterocycles. The van der Waals surface area contributed by atoms with Gasteiger partial charge in [-0.2, -0.15) is 0 Å². The fourth-order valence-corrected chi connectivity index (χ4v) is 3.67. The molecule has 0 unspecified atom stereocenters. The van der Waals surface area contributed by atoms with Gasteiger partial charge in [0.1, 0.15) is 11.4 Å². The Bertz CT molecular complexity index is 483. The minimum Gasteiger partial charge on any atom is -0.487 e. The van der Waals surface area contributed by atoms with E-state index >= 15 is 0 Å². The number of rotatable bonds is 2. The monoisotopic (exact) mass is 294 g/mol. The topological polar surface area (TPSA) is 38.5 Å². The van der Waals surface area contributed by atoms with Crippen LogP contribution < -0.4 is 10.5 Å². The van der Waals surface area contributed by atoms with E-state index < -0.39 is 0 Å². The normalized spacial score (nSPS) is 25.2. The minimum absolute atomic E-state index is 0.0372. The Morgan fingerprint density at radius 2 is 2.15 bits per heavy atom. The smallest absolute Gasteiger partial charge is 0.125 e. The number of benzene rings is 1. The lowest BCUT2D eigenvalue weighted by Crippen LogP contribution is -2.51. The lowest BCUT2D eigenvalue weighted by Gasteiger charge is -2.46. The molecule has 4 heteroatoms. The summed E-state index contributed by atoms with van der Waals surface area (Å²) in [5, 5.41) is 0.733. The Labute approximate surface area is 126 Å². The summed E-state index contributed by atoms with van der Waals surface area (Å²) in [6.07, 6.45) is 4.26. The number of nitrogens with two attached hydrogens (primary N) is 1. The van der Waals surface area contributed by atoms with E-state index in [9.17, 15) is 0 Å². The van der Waals surface area contributed by atoms with Crippen LogP contribution in [0.2, 0.25) is 5.02 Å². The molecular formula is C16H23ClN2O. The standard InChI is InChI=1S/C16H23ClN2O/c1-2-7-19-8-5-16(6-9-19)11-14(18)13-10-12(17)3-4-15(13)20-16/h3-4,10,14H,2,5-9,11,18H2,1H3/t14-/m0/s1. The van der Waals surface area contributed by atoms with E-state index in [1.807, 2.05) is 18.2 Å². The molecule has 1 aromatic rings. The maximum absolute atomic E-state index is 6.36. The molecule has 0 radical (unpaired) electrons. The van der Waals surface area contributed by atoms with Gasteiger partial charge in [-0.15, -0.1) is 0 Å². The van der Waals surface area contributed by atoms with E-state index in [0.717, 1.165) is 48.7 Å². The zero-order valence-corrected chi connectivity index (χ0v) is 12.8. The van der Waals surface area contributed by atoms with Gasteiger partial charge in [0.2, 0.25) is 0 Å². The highest BCUT2D eigenvalue weighted by Gasteiger charge is 2.42. The summed E-state index contributed by atoms with van der Waals surface area (Å²) >= 11 is 6.06. The van der Waals surface area contributed by atoms with Gasteiger partial charge in [-0.25, -0.2) is 0 Å². The molecule has 1 fully saturated rings. The van der Waals surface area contributed by atoms with Gasteiger partial charge in [-0.3, -0.25) is 0 Å². The quantitative estimate of drug-likeness (QED) is 0.909. The summed E-state index contributed by atoms with van der Waals surface area (Å²) in [5.41, 5.74) is 7.35. The van der Waals surface area contributed by atoms with Crippen LogP contribution in [0.1, 0.15) is 44.2 Å². The van der Waals surface area contributed by atoms with Crippen LogP contribution in [0, 0.1) is 0 Å². The average molecular weight is 295 g/mol. The zero-order chi connectivity index (χ0) is 14.2. The number of ether oxygens (including phenoxy) is 1. The van der Waals surface area contributed by atoms with Crippen molar-refractivity contribution in [1.29, 1.82) is 0 Å². The highest BCUT2D eigenvalue weighted by atomic mass is 35.5. The van der Waals surface area contributed by atoms with E-state index in [0.29, 0.717) is 0 Å². The SMILES string of the molecule is CCCN1CCC2(CC1)C[C@H](N)c1cc(Cl)ccc1O2. The highest BCUT2D eigenvalue weighted by molar-refractivity contribution is 6.30. The first kappa shape index (κ1) is 14.2. The van der Waals surface area contributed by atoms with E-state index in [1.54, 1.807) is 0 Å². The van der Waals surface area contributed by atoms with Crippen LogP contribution in [0.15, 0.2) is 18.2 Å². The number of hydrogen-bond acceptors (Lipinski definition) is 3. The van der Waals surface area contributed by atoms with Crippen LogP contribution >= 0.6 is 11.6 Å². The van der Waals surface area contributed by atoms with Gasteiger partial charge in [0.15, 0.2) is 0 Å². The van der Waals surface area contributed by atoms with Crippen LogP contribution in [-0.2, 0) is 0 Å². The van der Waals surface area contributed by atoms with Crippen LogP contribution in [0.4, 0.5) is 0 Å². The summed E-state index contributed by atoms with van der Waals surface area (Å²) in [6, 6.07) is 5.84. The van der Waals surface area contributed by atoms with Crippen molar-refractivity contribution in [1.82, 2.24) is 4.90 Å². The van der Waals surface area contributed by atoms with Crippen molar-refractivity contribution >= 4 is 11.6 Å². The molecule has 0 aliphatic carbocycles. The maximum atomic E-state index is 6.36. The third-order valence-electron chi connectivity index (χ3n) is 4.60. The van der Waals surface area contributed by atoms with E-state index in [1.165, 1.54) is 13.0 Å². The molecule has 3 rings (SSSR count). The lowest BCUT2D eigenvalue weighted by atomic mass is 9.81. The van der Waals surface area contributed by atoms with Gasteiger partial charge in [-0.1, -0.05) is 18.5 Å². The van der Waals surface area contributed by atoms with Gasteiger partial charge < -0.3 is 15.4 Å². The summed E-state index contributed by atoms with van der Waals surface area (Å²) in [7, 11) is 0. The Morgan fingerprint density at radius 1 is 1.40 bits per heavy atom. The van der Waals surface area contributed by atoms with Crippen molar-refractivity contribution in [2.45, 2.75) is 44.2 Å². The molecule has 2 aliphatic rings. The van der Waals surface area contributed by atoms with Crippen molar-refractivity contribution in [2.75, 3.05) is 19.6 Å². The second-order valence-electron chi connectivity index (χ2n) is 6.12. The Balaban J connectivity index is 1.76. The van der Waals surface area contributed by atoms with Gasteiger partial charge >= 0.3 is 0 Å². The van der Waals surface area contributed by atoms with E-state index in [2.05, 4.69) is 11.8 Å². The molecule has 0 amide bonds. The van der Waals surface area contributed by atoms with Crippen molar-refractivity contribution in [3.8, 4) is 5.75 Å². The molecule has 3 nitrogen and oxygen atoms in total. The van der Waals surface area contributed by atoms with E-state index in [4.69, 9.17) is 22.1 Å². The molecule has 1 aromatic carbocycles. The Hall–Kier alpha value is -0.770. The fourth-order valence-electron chi connectivity index (χ4n) is 3.49. The van der Waals surface area contributed by atoms with E-state index in [-0.39, 0.29) is 11.6 Å². The number of fused-ring (bicyclic) bond motifs is 1. The molecule has 1 spiro atoms. The predicted molar refractivity (Wildman–Crippen MR) is 82.3 cm³/mol. The predicted octanol–water partition coefficient (Wildman–Crippen LogP) is 3.37. The third-order valence-corrected chi connectivity index (χ3v) is 4.83. The first-order chi connectivity index (χ1) is 9.62. The summed E-state index contributed by atoms with van der Waals surface area (Å²) < 4.78 is 6.35. The molecule has 2 aliphatic heterocycles. The molecule has 20 heavy (non-hydrogen) atoms. The third kappa shape index (κ3) is 2.67. The largest absolute Gasteiger partial charge is 0.487 e. The second kappa shape index (κ2) is 5.55. The van der Waals surface area contributed by atoms with Crippen LogP contribution in [0.3, 0.4) is 0 Å². The van der Waals surface area contributed by atoms with Crippen molar-refractivity contribution in [3.05, 3.63) is 28.8 Å². The molecule has 0 aromatic heterocycles. The van der Waals surface area contributed by atoms with Crippen molar-refractivity contribution < 1.29 is 4.74 Å². The molecule has 2 heterocycles. The van der Waals surface area contributed by atoms with Crippen molar-refractivity contribution in [3.63, 3.8) is 0 Å². The van der Waals surface area contributed by atoms with Gasteiger partial charge in [0.25, 0.3) is 0 Å². The Kier molecular flexibility index (Phi) is 3.93. The maximum Gasteiger partial charge on any atom is 0.125 e. The molecular weight excluding hydrogens is 272 g/mol. The molecule has 110 valence electrons. The molecule has 0 bridgehead atoms. The Morgan fingerprint density at radius 3 is 2.85 bits per heavy atom. The fraction of sp³-hybridized carbons (Fsp3) is 0.625. The van der Waals surface area contributed by atoms with Gasteiger partial charge in [-0.05, 0) is 44.0 Å². The highest BCUT2D eigenvalue weighted by Crippen LogP contribution is 2.44. The first-order valence-corrected chi connectivity index (χ1v) is 7.96. The first-order valence-electron chi connectivity index (χ1n) is 7.58. The number of nitrogens with zero attached hydrogens (tertiary/aromatic N) is 1.